The largest absolute Gasteiger partial charge is 0.481 e. The number of carbonyl (C=O) groups is 1. The molecule has 1 N–H and O–H groups in total. The molecule has 126 valence electrons. The zero-order valence-electron chi connectivity index (χ0n) is 13.8. The molecule has 0 aliphatic carbocycles. The topological polar surface area (TPSA) is 37.3 Å². The normalized spacial score (nSPS) is 10.9. The van der Waals surface area contributed by atoms with Gasteiger partial charge in [0.25, 0.3) is 0 Å². The molecule has 2 nitrogen and oxygen atoms in total. The summed E-state index contributed by atoms with van der Waals surface area (Å²) in [6.45, 7) is 2.27. The summed E-state index contributed by atoms with van der Waals surface area (Å²) in [7, 11) is 3.53. The lowest BCUT2D eigenvalue weighted by atomic mass is 10.1. The van der Waals surface area contributed by atoms with Crippen LogP contribution in [0.25, 0.3) is 0 Å². The van der Waals surface area contributed by atoms with Crippen LogP contribution in [0.15, 0.2) is 0 Å². The fourth-order valence-corrected chi connectivity index (χ4v) is 4.38. The maximum Gasteiger partial charge on any atom is 0.304 e. The molecule has 0 radical (unpaired) electrons. The maximum absolute atomic E-state index is 10.3. The second kappa shape index (κ2) is 18.2. The quantitative estimate of drug-likeness (QED) is 0.242. The van der Waals surface area contributed by atoms with Gasteiger partial charge in [0.2, 0.25) is 0 Å². The van der Waals surface area contributed by atoms with Gasteiger partial charge in [0.1, 0.15) is 0 Å². The van der Waals surface area contributed by atoms with Gasteiger partial charge in [-0.25, -0.2) is 0 Å². The van der Waals surface area contributed by atoms with Crippen molar-refractivity contribution in [3.05, 3.63) is 0 Å². The molecule has 0 aromatic rings. The molecule has 0 aliphatic rings. The highest BCUT2D eigenvalue weighted by Crippen LogP contribution is 2.23. The van der Waals surface area contributed by atoms with Gasteiger partial charge in [-0.1, -0.05) is 99.1 Å². The SMILES string of the molecule is CCCCCCCCCCCCCCSSCCC(=O)O. The number of rotatable bonds is 17. The van der Waals surface area contributed by atoms with E-state index in [2.05, 4.69) is 6.92 Å². The van der Waals surface area contributed by atoms with Crippen LogP contribution in [-0.4, -0.2) is 22.6 Å². The van der Waals surface area contributed by atoms with Gasteiger partial charge in [-0.05, 0) is 6.42 Å². The van der Waals surface area contributed by atoms with Crippen LogP contribution in [0.2, 0.25) is 0 Å². The summed E-state index contributed by atoms with van der Waals surface area (Å²) in [4.78, 5) is 10.3. The van der Waals surface area contributed by atoms with Gasteiger partial charge in [-0.15, -0.1) is 0 Å². The predicted molar refractivity (Wildman–Crippen MR) is 98.2 cm³/mol. The maximum atomic E-state index is 10.3. The minimum absolute atomic E-state index is 0.288. The van der Waals surface area contributed by atoms with Crippen molar-refractivity contribution in [3.63, 3.8) is 0 Å². The molecule has 0 aromatic carbocycles. The molecule has 0 amide bonds. The highest BCUT2D eigenvalue weighted by Gasteiger charge is 1.97. The molecule has 4 heteroatoms. The van der Waals surface area contributed by atoms with E-state index in [1.165, 1.54) is 82.8 Å². The fraction of sp³-hybridized carbons (Fsp3) is 0.941. The van der Waals surface area contributed by atoms with E-state index in [0.29, 0.717) is 0 Å². The first-order valence-electron chi connectivity index (χ1n) is 8.73. The van der Waals surface area contributed by atoms with Crippen molar-refractivity contribution in [1.82, 2.24) is 0 Å². The summed E-state index contributed by atoms with van der Waals surface area (Å²) < 4.78 is 0. The molecule has 0 rings (SSSR count). The number of unbranched alkanes of at least 4 members (excludes halogenated alkanes) is 11. The van der Waals surface area contributed by atoms with Gasteiger partial charge in [0.15, 0.2) is 0 Å². The number of hydrogen-bond donors (Lipinski definition) is 1. The molecule has 0 atom stereocenters. The molecule has 0 saturated heterocycles. The molecule has 0 heterocycles. The molecule has 0 saturated carbocycles. The Morgan fingerprint density at radius 1 is 0.714 bits per heavy atom. The molecule has 0 fully saturated rings. The summed E-state index contributed by atoms with van der Waals surface area (Å²) in [5, 5.41) is 8.51. The summed E-state index contributed by atoms with van der Waals surface area (Å²) in [5.74, 6) is 1.22. The van der Waals surface area contributed by atoms with E-state index in [4.69, 9.17) is 5.11 Å². The van der Waals surface area contributed by atoms with Crippen LogP contribution in [0, 0.1) is 0 Å². The van der Waals surface area contributed by atoms with E-state index in [1.54, 1.807) is 10.8 Å². The Bertz CT molecular complexity index is 223. The average Bonchev–Trinajstić information content (AvgIpc) is 2.46. The van der Waals surface area contributed by atoms with Gasteiger partial charge >= 0.3 is 5.97 Å². The zero-order chi connectivity index (χ0) is 15.6. The molecule has 21 heavy (non-hydrogen) atoms. The Hall–Kier alpha value is 0.170. The monoisotopic (exact) mass is 334 g/mol. The second-order valence-corrected chi connectivity index (χ2v) is 8.38. The van der Waals surface area contributed by atoms with Gasteiger partial charge in [-0.3, -0.25) is 4.79 Å². The first kappa shape index (κ1) is 21.2. The van der Waals surface area contributed by atoms with Crippen LogP contribution in [-0.2, 0) is 4.79 Å². The minimum Gasteiger partial charge on any atom is -0.481 e. The van der Waals surface area contributed by atoms with E-state index < -0.39 is 5.97 Å². The van der Waals surface area contributed by atoms with Crippen molar-refractivity contribution >= 4 is 27.6 Å². The molecule has 0 aromatic heterocycles. The molecule has 0 spiro atoms. The lowest BCUT2D eigenvalue weighted by Crippen LogP contribution is -1.94. The van der Waals surface area contributed by atoms with Crippen molar-refractivity contribution in [2.24, 2.45) is 0 Å². The predicted octanol–water partition coefficient (Wildman–Crippen LogP) is 6.54. The van der Waals surface area contributed by atoms with Gasteiger partial charge in [-0.2, -0.15) is 0 Å². The third kappa shape index (κ3) is 20.2. The van der Waals surface area contributed by atoms with Crippen LogP contribution in [0.1, 0.15) is 90.4 Å². The minimum atomic E-state index is -0.687. The summed E-state index contributed by atoms with van der Waals surface area (Å²) in [6, 6.07) is 0. The van der Waals surface area contributed by atoms with E-state index >= 15 is 0 Å². The molecule has 0 aliphatic heterocycles. The van der Waals surface area contributed by atoms with Crippen molar-refractivity contribution in [3.8, 4) is 0 Å². The van der Waals surface area contributed by atoms with Crippen molar-refractivity contribution in [2.45, 2.75) is 90.4 Å². The average molecular weight is 335 g/mol. The molecule has 0 unspecified atom stereocenters. The van der Waals surface area contributed by atoms with E-state index in [0.717, 1.165) is 5.75 Å². The van der Waals surface area contributed by atoms with Crippen molar-refractivity contribution in [2.75, 3.05) is 11.5 Å². The molecular formula is C17H34O2S2. The number of hydrogen-bond acceptors (Lipinski definition) is 3. The van der Waals surface area contributed by atoms with Crippen LogP contribution >= 0.6 is 21.6 Å². The number of carboxylic acids is 1. The lowest BCUT2D eigenvalue weighted by Gasteiger charge is -2.03. The third-order valence-corrected chi connectivity index (χ3v) is 6.06. The van der Waals surface area contributed by atoms with E-state index in [-0.39, 0.29) is 6.42 Å². The third-order valence-electron chi connectivity index (χ3n) is 3.56. The van der Waals surface area contributed by atoms with Crippen LogP contribution in [0.5, 0.6) is 0 Å². The highest BCUT2D eigenvalue weighted by molar-refractivity contribution is 8.76. The van der Waals surface area contributed by atoms with Crippen LogP contribution < -0.4 is 0 Å². The number of aliphatic carboxylic acids is 1. The second-order valence-electron chi connectivity index (χ2n) is 5.68. The van der Waals surface area contributed by atoms with Crippen LogP contribution in [0.3, 0.4) is 0 Å². The van der Waals surface area contributed by atoms with Crippen LogP contribution in [0.4, 0.5) is 0 Å². The highest BCUT2D eigenvalue weighted by atomic mass is 33.1. The number of carboxylic acid groups (broad SMARTS) is 1. The first-order chi connectivity index (χ1) is 10.3. The standard InChI is InChI=1S/C17H34O2S2/c1-2-3-4-5-6-7-8-9-10-11-12-13-15-20-21-16-14-17(18)19/h2-16H2,1H3,(H,18,19). The van der Waals surface area contributed by atoms with E-state index in [9.17, 15) is 4.79 Å². The first-order valence-corrected chi connectivity index (χ1v) is 11.2. The summed E-state index contributed by atoms with van der Waals surface area (Å²) in [6.07, 6.45) is 17.0. The van der Waals surface area contributed by atoms with Gasteiger partial charge in [0, 0.05) is 11.5 Å². The Kier molecular flexibility index (Phi) is 18.4. The summed E-state index contributed by atoms with van der Waals surface area (Å²) in [5.41, 5.74) is 0. The fourth-order valence-electron chi connectivity index (χ4n) is 2.25. The Balaban J connectivity index is 2.95. The smallest absolute Gasteiger partial charge is 0.304 e. The van der Waals surface area contributed by atoms with Crippen molar-refractivity contribution < 1.29 is 9.90 Å². The van der Waals surface area contributed by atoms with Gasteiger partial charge < -0.3 is 5.11 Å². The zero-order valence-corrected chi connectivity index (χ0v) is 15.4. The lowest BCUT2D eigenvalue weighted by molar-refractivity contribution is -0.136. The van der Waals surface area contributed by atoms with Gasteiger partial charge in [0.05, 0.1) is 6.42 Å². The Morgan fingerprint density at radius 2 is 1.14 bits per heavy atom. The van der Waals surface area contributed by atoms with E-state index in [1.807, 2.05) is 10.8 Å². The van der Waals surface area contributed by atoms with Crippen molar-refractivity contribution in [1.29, 1.82) is 0 Å². The molecular weight excluding hydrogens is 300 g/mol. The summed E-state index contributed by atoms with van der Waals surface area (Å²) >= 11 is 0. The Morgan fingerprint density at radius 3 is 1.62 bits per heavy atom. The molecule has 0 bridgehead atoms. The Labute approximate surface area is 139 Å².